The number of halogens is 2. The number of aliphatic hydroxyl groups excluding tert-OH is 1. The molecule has 6 N–H and O–H groups in total. The van der Waals surface area contributed by atoms with Gasteiger partial charge >= 0.3 is 17.7 Å². The second-order valence-corrected chi connectivity index (χ2v) is 10.8. The zero-order chi connectivity index (χ0) is 28.6. The van der Waals surface area contributed by atoms with E-state index >= 15 is 0 Å². The molecular formula is C25H25ClFN8O4S+. The highest BCUT2D eigenvalue weighted by molar-refractivity contribution is 7.99. The second kappa shape index (κ2) is 11.0. The van der Waals surface area contributed by atoms with Crippen LogP contribution < -0.4 is 31.2 Å². The van der Waals surface area contributed by atoms with Gasteiger partial charge in [0.05, 0.1) is 23.1 Å². The van der Waals surface area contributed by atoms with E-state index in [4.69, 9.17) is 23.1 Å². The predicted molar refractivity (Wildman–Crippen MR) is 146 cm³/mol. The number of alkyl halides is 1. The van der Waals surface area contributed by atoms with Crippen LogP contribution in [0.5, 0.6) is 0 Å². The minimum atomic E-state index is -2.00. The van der Waals surface area contributed by atoms with E-state index in [1.54, 1.807) is 24.4 Å². The number of Topliss-reactive ketones (excluding diaryl/α,β-unsaturated/α-hetero) is 1. The number of piperidine rings is 1. The van der Waals surface area contributed by atoms with Crippen molar-refractivity contribution in [3.8, 4) is 0 Å². The number of anilines is 4. The fourth-order valence-corrected chi connectivity index (χ4v) is 5.48. The Labute approximate surface area is 237 Å². The van der Waals surface area contributed by atoms with Gasteiger partial charge in [0, 0.05) is 29.6 Å². The first-order chi connectivity index (χ1) is 19.1. The molecule has 1 atom stereocenters. The van der Waals surface area contributed by atoms with Crippen LogP contribution in [-0.2, 0) is 4.79 Å². The minimum Gasteiger partial charge on any atom is -0.381 e. The molecule has 12 nitrogen and oxygen atoms in total. The van der Waals surface area contributed by atoms with Crippen molar-refractivity contribution in [1.82, 2.24) is 9.97 Å². The summed E-state index contributed by atoms with van der Waals surface area (Å²) < 4.78 is 14.2. The van der Waals surface area contributed by atoms with E-state index < -0.39 is 36.2 Å². The summed E-state index contributed by atoms with van der Waals surface area (Å²) in [6.45, 7) is 0.485. The lowest BCUT2D eigenvalue weighted by Gasteiger charge is -2.37. The summed E-state index contributed by atoms with van der Waals surface area (Å²) in [6.07, 6.45) is 1.86. The minimum absolute atomic E-state index is 0.0115. The van der Waals surface area contributed by atoms with Crippen LogP contribution in [-0.4, -0.2) is 64.3 Å². The zero-order valence-electron chi connectivity index (χ0n) is 21.0. The lowest BCUT2D eigenvalue weighted by atomic mass is 9.90. The van der Waals surface area contributed by atoms with Crippen molar-refractivity contribution >= 4 is 64.2 Å². The molecule has 0 saturated carbocycles. The molecule has 0 aliphatic carbocycles. The maximum atomic E-state index is 13.2. The number of ketones is 1. The van der Waals surface area contributed by atoms with E-state index in [0.29, 0.717) is 41.7 Å². The van der Waals surface area contributed by atoms with Gasteiger partial charge in [-0.25, -0.2) is 23.9 Å². The van der Waals surface area contributed by atoms with Gasteiger partial charge in [-0.2, -0.15) is 4.57 Å². The van der Waals surface area contributed by atoms with Gasteiger partial charge in [-0.1, -0.05) is 35.5 Å². The molecule has 1 unspecified atom stereocenters. The fourth-order valence-electron chi connectivity index (χ4n) is 4.38. The van der Waals surface area contributed by atoms with Crippen LogP contribution in [0.2, 0.25) is 5.02 Å². The number of fused-ring (bicyclic) bond motifs is 1. The van der Waals surface area contributed by atoms with Crippen LogP contribution in [0.1, 0.15) is 17.6 Å². The van der Waals surface area contributed by atoms with Crippen LogP contribution in [0.15, 0.2) is 58.7 Å². The lowest BCUT2D eigenvalue weighted by molar-refractivity contribution is -0.558. The van der Waals surface area contributed by atoms with Gasteiger partial charge in [-0.15, -0.1) is 4.90 Å². The molecule has 4 heterocycles. The third-order valence-corrected chi connectivity index (χ3v) is 8.31. The van der Waals surface area contributed by atoms with Crippen molar-refractivity contribution in [2.45, 2.75) is 34.5 Å². The summed E-state index contributed by atoms with van der Waals surface area (Å²) in [7, 11) is 0. The van der Waals surface area contributed by atoms with E-state index in [1.807, 2.05) is 4.90 Å². The zero-order valence-corrected chi connectivity index (χ0v) is 22.5. The number of amides is 2. The number of rotatable bonds is 5. The molecule has 0 bridgehead atoms. The van der Waals surface area contributed by atoms with Crippen LogP contribution in [0, 0.1) is 0 Å². The lowest BCUT2D eigenvalue weighted by Crippen LogP contribution is -2.65. The van der Waals surface area contributed by atoms with Crippen molar-refractivity contribution in [3.63, 3.8) is 0 Å². The fraction of sp³-hybridized carbons (Fsp3) is 0.280. The van der Waals surface area contributed by atoms with Gasteiger partial charge in [0.25, 0.3) is 12.0 Å². The number of urea groups is 1. The summed E-state index contributed by atoms with van der Waals surface area (Å²) >= 11 is 7.72. The molecule has 2 aliphatic rings. The number of carbonyl (C=O) groups is 3. The number of aliphatic hydroxyl groups is 1. The van der Waals surface area contributed by atoms with Crippen LogP contribution in [0.3, 0.4) is 0 Å². The molecule has 208 valence electrons. The molecule has 1 saturated heterocycles. The number of nitrogens with zero attached hydrogens (tertiary/aromatic N) is 5. The smallest absolute Gasteiger partial charge is 0.381 e. The van der Waals surface area contributed by atoms with E-state index in [-0.39, 0.29) is 22.3 Å². The van der Waals surface area contributed by atoms with Crippen molar-refractivity contribution in [1.29, 1.82) is 0 Å². The summed E-state index contributed by atoms with van der Waals surface area (Å²) in [5.74, 6) is -1.38. The highest BCUT2D eigenvalue weighted by Crippen LogP contribution is 2.39. The summed E-state index contributed by atoms with van der Waals surface area (Å²) in [5, 5.41) is 13.5. The molecule has 1 aromatic carbocycles. The monoisotopic (exact) mass is 587 g/mol. The molecular weight excluding hydrogens is 563 g/mol. The molecule has 0 spiro atoms. The quantitative estimate of drug-likeness (QED) is 0.255. The maximum Gasteiger partial charge on any atom is 0.415 e. The van der Waals surface area contributed by atoms with Gasteiger partial charge < -0.3 is 21.5 Å². The number of pyridine rings is 1. The van der Waals surface area contributed by atoms with Crippen molar-refractivity contribution < 1.29 is 28.4 Å². The average molecular weight is 588 g/mol. The number of carbonyl (C=O) groups excluding carboxylic acids is 3. The first-order valence-electron chi connectivity index (χ1n) is 12.2. The Bertz CT molecular complexity index is 1500. The van der Waals surface area contributed by atoms with Crippen molar-refractivity contribution in [2.75, 3.05) is 40.6 Å². The molecule has 40 heavy (non-hydrogen) atoms. The van der Waals surface area contributed by atoms with Crippen LogP contribution in [0.4, 0.5) is 32.3 Å². The van der Waals surface area contributed by atoms with Gasteiger partial charge in [0.15, 0.2) is 5.82 Å². The Morgan fingerprint density at radius 2 is 2.00 bits per heavy atom. The average Bonchev–Trinajstić information content (AvgIpc) is 2.95. The highest BCUT2D eigenvalue weighted by atomic mass is 35.5. The summed E-state index contributed by atoms with van der Waals surface area (Å²) in [5.41, 5.74) is 11.6. The van der Waals surface area contributed by atoms with Gasteiger partial charge in [-0.3, -0.25) is 10.1 Å². The number of hydrogen-bond acceptors (Lipinski definition) is 10. The van der Waals surface area contributed by atoms with E-state index in [9.17, 15) is 23.9 Å². The maximum absolute atomic E-state index is 13.2. The summed E-state index contributed by atoms with van der Waals surface area (Å²) in [6, 6.07) is 8.50. The SMILES string of the molecule is Nc1nc(N2CCC(N)(CF)CC2)cnc1Sc1cccc(NC(=O)N2c3cccc[n+]3C(=O)C(=O)C2O)c1Cl. The van der Waals surface area contributed by atoms with Gasteiger partial charge in [0.2, 0.25) is 0 Å². The van der Waals surface area contributed by atoms with E-state index in [2.05, 4.69) is 15.3 Å². The molecule has 15 heteroatoms. The third-order valence-electron chi connectivity index (χ3n) is 6.72. The van der Waals surface area contributed by atoms with Gasteiger partial charge in [0.1, 0.15) is 17.5 Å². The molecule has 2 aromatic heterocycles. The number of aromatic nitrogens is 3. The Morgan fingerprint density at radius 1 is 1.25 bits per heavy atom. The van der Waals surface area contributed by atoms with Crippen LogP contribution >= 0.6 is 23.4 Å². The standard InChI is InChI=1S/C25H24ClFN8O4S/c26-18-14(31-24(39)35-17-6-1-2-9-34(17)22(37)19(36)23(35)38)4-3-5-15(18)40-21-20(28)32-16(12-30-21)33-10-7-25(29,13-27)8-11-33/h1-6,9,12,23,38H,7-8,10-11,13,29H2,(H2-,28,31,32,39)/p+1. The largest absolute Gasteiger partial charge is 0.415 e. The second-order valence-electron chi connectivity index (χ2n) is 9.39. The predicted octanol–water partition coefficient (Wildman–Crippen LogP) is 2.00. The molecule has 0 radical (unpaired) electrons. The number of benzene rings is 1. The number of nitrogens with two attached hydrogens (primary N) is 2. The highest BCUT2D eigenvalue weighted by Gasteiger charge is 2.49. The molecule has 5 rings (SSSR count). The number of nitrogen functional groups attached to an aromatic ring is 1. The van der Waals surface area contributed by atoms with E-state index in [0.717, 1.165) is 21.2 Å². The van der Waals surface area contributed by atoms with E-state index in [1.165, 1.54) is 24.4 Å². The Morgan fingerprint density at radius 3 is 2.70 bits per heavy atom. The number of nitrogens with one attached hydrogen (secondary N) is 1. The van der Waals surface area contributed by atoms with Crippen molar-refractivity contribution in [2.24, 2.45) is 5.73 Å². The Hall–Kier alpha value is -3.85. The Balaban J connectivity index is 1.33. The molecule has 2 amide bonds. The number of hydrogen-bond donors (Lipinski definition) is 4. The molecule has 1 fully saturated rings. The molecule has 2 aliphatic heterocycles. The first-order valence-corrected chi connectivity index (χ1v) is 13.4. The van der Waals surface area contributed by atoms with Crippen LogP contribution in [0.25, 0.3) is 0 Å². The normalized spacial score (nSPS) is 18.4. The first kappa shape index (κ1) is 27.7. The van der Waals surface area contributed by atoms with Gasteiger partial charge in [-0.05, 0) is 31.0 Å². The van der Waals surface area contributed by atoms with Crippen molar-refractivity contribution in [3.05, 3.63) is 53.8 Å². The Kier molecular flexibility index (Phi) is 7.59. The summed E-state index contributed by atoms with van der Waals surface area (Å²) in [4.78, 5) is 49.7. The topological polar surface area (TPSA) is 172 Å². The molecule has 3 aromatic rings. The third kappa shape index (κ3) is 5.18.